The van der Waals surface area contributed by atoms with Gasteiger partial charge in [0.15, 0.2) is 12.5 Å². The Balaban J connectivity index is 1.17. The number of likely N-dealkylation sites (tertiary alicyclic amines) is 3. The molecule has 3 saturated heterocycles. The van der Waals surface area contributed by atoms with Gasteiger partial charge in [-0.25, -0.2) is 9.97 Å². The molecule has 2 aromatic rings. The van der Waals surface area contributed by atoms with Crippen LogP contribution < -0.4 is 0 Å². The van der Waals surface area contributed by atoms with Gasteiger partial charge in [0, 0.05) is 46.4 Å². The summed E-state index contributed by atoms with van der Waals surface area (Å²) in [6.45, 7) is 10.4. The second-order valence-corrected chi connectivity index (χ2v) is 11.4. The Hall–Kier alpha value is -2.68. The molecule has 3 aliphatic heterocycles. The van der Waals surface area contributed by atoms with Gasteiger partial charge in [-0.3, -0.25) is 14.5 Å². The molecule has 0 aliphatic carbocycles. The number of fused-ring (bicyclic) bond motifs is 1. The highest BCUT2D eigenvalue weighted by Crippen LogP contribution is 2.38. The zero-order valence-corrected chi connectivity index (χ0v) is 23.0. The SMILES string of the molecule is COC(C=O)N1CCC(C(CCN2CC3CN(C(=O)c4c(C)ncnc4C)CC3C2)c2ccccc2)CC1. The first-order valence-electron chi connectivity index (χ1n) is 14.0. The third-order valence-electron chi connectivity index (χ3n) is 9.13. The highest BCUT2D eigenvalue weighted by Gasteiger charge is 2.42. The van der Waals surface area contributed by atoms with Crippen molar-refractivity contribution in [3.63, 3.8) is 0 Å². The van der Waals surface area contributed by atoms with E-state index in [4.69, 9.17) is 4.74 Å². The van der Waals surface area contributed by atoms with Crippen molar-refractivity contribution in [3.8, 4) is 0 Å². The fraction of sp³-hybridized carbons (Fsp3) is 0.600. The number of aryl methyl sites for hydroxylation is 2. The van der Waals surface area contributed by atoms with Crippen LogP contribution in [0.5, 0.6) is 0 Å². The van der Waals surface area contributed by atoms with Crippen molar-refractivity contribution in [2.24, 2.45) is 17.8 Å². The molecule has 1 aromatic heterocycles. The van der Waals surface area contributed by atoms with E-state index in [2.05, 4.69) is 50.1 Å². The molecule has 3 fully saturated rings. The van der Waals surface area contributed by atoms with Gasteiger partial charge in [0.25, 0.3) is 5.91 Å². The molecule has 0 bridgehead atoms. The number of amides is 1. The first kappa shape index (κ1) is 26.9. The van der Waals surface area contributed by atoms with Crippen molar-refractivity contribution in [2.75, 3.05) is 52.9 Å². The van der Waals surface area contributed by atoms with E-state index in [9.17, 15) is 9.59 Å². The Morgan fingerprint density at radius 1 is 1.03 bits per heavy atom. The van der Waals surface area contributed by atoms with Gasteiger partial charge in [0.05, 0.1) is 17.0 Å². The van der Waals surface area contributed by atoms with Crippen molar-refractivity contribution in [3.05, 3.63) is 59.2 Å². The summed E-state index contributed by atoms with van der Waals surface area (Å²) in [7, 11) is 1.61. The van der Waals surface area contributed by atoms with E-state index in [1.165, 1.54) is 11.9 Å². The molecule has 1 amide bonds. The second-order valence-electron chi connectivity index (χ2n) is 11.4. The molecule has 8 nitrogen and oxygen atoms in total. The molecule has 4 heterocycles. The number of benzene rings is 1. The zero-order valence-electron chi connectivity index (χ0n) is 23.0. The molecule has 5 rings (SSSR count). The number of rotatable bonds is 9. The van der Waals surface area contributed by atoms with E-state index in [0.717, 1.165) is 82.7 Å². The first-order valence-corrected chi connectivity index (χ1v) is 14.0. The standard InChI is InChI=1S/C30H41N5O3/c1-21-29(22(2)32-20-31-21)30(37)35-17-25-15-33(16-26(25)18-35)12-11-27(23-7-5-4-6-8-23)24-9-13-34(14-10-24)28(19-36)38-3/h4-8,19-20,24-28H,9-18H2,1-3H3. The van der Waals surface area contributed by atoms with E-state index >= 15 is 0 Å². The Kier molecular flexibility index (Phi) is 8.51. The number of carbonyl (C=O) groups excluding carboxylic acids is 2. The van der Waals surface area contributed by atoms with Crippen LogP contribution in [0.25, 0.3) is 0 Å². The number of piperidine rings is 1. The van der Waals surface area contributed by atoms with Crippen molar-refractivity contribution < 1.29 is 14.3 Å². The lowest BCUT2D eigenvalue weighted by molar-refractivity contribution is -0.129. The van der Waals surface area contributed by atoms with Gasteiger partial charge >= 0.3 is 0 Å². The summed E-state index contributed by atoms with van der Waals surface area (Å²) in [6.07, 6.45) is 5.31. The number of hydrogen-bond donors (Lipinski definition) is 0. The van der Waals surface area contributed by atoms with E-state index < -0.39 is 6.23 Å². The topological polar surface area (TPSA) is 78.9 Å². The largest absolute Gasteiger partial charge is 0.359 e. The lowest BCUT2D eigenvalue weighted by Gasteiger charge is -2.38. The molecule has 1 aromatic carbocycles. The minimum absolute atomic E-state index is 0.0855. The second kappa shape index (κ2) is 12.0. The third kappa shape index (κ3) is 5.67. The molecule has 4 unspecified atom stereocenters. The Morgan fingerprint density at radius 3 is 2.24 bits per heavy atom. The highest BCUT2D eigenvalue weighted by molar-refractivity contribution is 5.96. The molecule has 3 aliphatic rings. The van der Waals surface area contributed by atoms with E-state index in [1.54, 1.807) is 7.11 Å². The van der Waals surface area contributed by atoms with Crippen LogP contribution in [0, 0.1) is 31.6 Å². The summed E-state index contributed by atoms with van der Waals surface area (Å²) >= 11 is 0. The average Bonchev–Trinajstić information content (AvgIpc) is 3.50. The Bertz CT molecular complexity index is 1070. The zero-order chi connectivity index (χ0) is 26.6. The third-order valence-corrected chi connectivity index (χ3v) is 9.13. The van der Waals surface area contributed by atoms with Crippen LogP contribution >= 0.6 is 0 Å². The minimum Gasteiger partial charge on any atom is -0.359 e. The molecular formula is C30H41N5O3. The lowest BCUT2D eigenvalue weighted by Crippen LogP contribution is -2.44. The molecule has 0 N–H and O–H groups in total. The normalized spacial score (nSPS) is 24.3. The fourth-order valence-corrected chi connectivity index (χ4v) is 7.06. The summed E-state index contributed by atoms with van der Waals surface area (Å²) in [6, 6.07) is 10.9. The molecule has 4 atom stereocenters. The predicted molar refractivity (Wildman–Crippen MR) is 146 cm³/mol. The van der Waals surface area contributed by atoms with Crippen molar-refractivity contribution in [1.82, 2.24) is 24.7 Å². The smallest absolute Gasteiger partial charge is 0.257 e. The quantitative estimate of drug-likeness (QED) is 0.471. The molecular weight excluding hydrogens is 478 g/mol. The van der Waals surface area contributed by atoms with Crippen molar-refractivity contribution in [2.45, 2.75) is 45.3 Å². The molecule has 0 radical (unpaired) electrons. The van der Waals surface area contributed by atoms with Gasteiger partial charge in [-0.1, -0.05) is 30.3 Å². The van der Waals surface area contributed by atoms with Crippen molar-refractivity contribution in [1.29, 1.82) is 0 Å². The molecule has 38 heavy (non-hydrogen) atoms. The van der Waals surface area contributed by atoms with E-state index in [-0.39, 0.29) is 5.91 Å². The van der Waals surface area contributed by atoms with Crippen LogP contribution in [0.15, 0.2) is 36.7 Å². The molecule has 204 valence electrons. The number of ether oxygens (including phenoxy) is 1. The van der Waals surface area contributed by atoms with Crippen LogP contribution in [0.4, 0.5) is 0 Å². The van der Waals surface area contributed by atoms with Gasteiger partial charge in [-0.15, -0.1) is 0 Å². The maximum Gasteiger partial charge on any atom is 0.257 e. The van der Waals surface area contributed by atoms with Crippen LogP contribution in [0.2, 0.25) is 0 Å². The van der Waals surface area contributed by atoms with Gasteiger partial charge < -0.3 is 14.5 Å². The lowest BCUT2D eigenvalue weighted by atomic mass is 9.78. The summed E-state index contributed by atoms with van der Waals surface area (Å²) in [5.74, 6) is 2.28. The van der Waals surface area contributed by atoms with E-state index in [1.807, 2.05) is 18.7 Å². The fourth-order valence-electron chi connectivity index (χ4n) is 7.06. The summed E-state index contributed by atoms with van der Waals surface area (Å²) < 4.78 is 5.35. The number of aldehydes is 1. The van der Waals surface area contributed by atoms with Crippen LogP contribution in [0.3, 0.4) is 0 Å². The van der Waals surface area contributed by atoms with Crippen LogP contribution in [0.1, 0.15) is 52.5 Å². The molecule has 0 saturated carbocycles. The first-order chi connectivity index (χ1) is 18.5. The monoisotopic (exact) mass is 519 g/mol. The van der Waals surface area contributed by atoms with E-state index in [0.29, 0.717) is 29.2 Å². The Labute approximate surface area is 226 Å². The van der Waals surface area contributed by atoms with Crippen LogP contribution in [-0.2, 0) is 9.53 Å². The number of methoxy groups -OCH3 is 1. The predicted octanol–water partition coefficient (Wildman–Crippen LogP) is 3.15. The number of hydrogen-bond acceptors (Lipinski definition) is 7. The maximum atomic E-state index is 13.3. The number of nitrogens with zero attached hydrogens (tertiary/aromatic N) is 5. The minimum atomic E-state index is -0.427. The van der Waals surface area contributed by atoms with Gasteiger partial charge in [-0.05, 0) is 68.9 Å². The highest BCUT2D eigenvalue weighted by atomic mass is 16.5. The summed E-state index contributed by atoms with van der Waals surface area (Å²) in [5.41, 5.74) is 3.63. The van der Waals surface area contributed by atoms with Crippen molar-refractivity contribution >= 4 is 12.2 Å². The number of aromatic nitrogens is 2. The Morgan fingerprint density at radius 2 is 1.66 bits per heavy atom. The molecule has 0 spiro atoms. The van der Waals surface area contributed by atoms with Gasteiger partial charge in [0.2, 0.25) is 0 Å². The summed E-state index contributed by atoms with van der Waals surface area (Å²) in [5, 5.41) is 0. The number of carbonyl (C=O) groups is 2. The average molecular weight is 520 g/mol. The van der Waals surface area contributed by atoms with Gasteiger partial charge in [-0.2, -0.15) is 0 Å². The summed E-state index contributed by atoms with van der Waals surface area (Å²) in [4.78, 5) is 39.9. The van der Waals surface area contributed by atoms with Crippen LogP contribution in [-0.4, -0.2) is 96.0 Å². The molecule has 8 heteroatoms. The van der Waals surface area contributed by atoms with Gasteiger partial charge in [0.1, 0.15) is 6.33 Å². The maximum absolute atomic E-state index is 13.3.